The van der Waals surface area contributed by atoms with Crippen molar-refractivity contribution in [3.05, 3.63) is 0 Å². The third-order valence-corrected chi connectivity index (χ3v) is 7.96. The van der Waals surface area contributed by atoms with Gasteiger partial charge < -0.3 is 8.85 Å². The summed E-state index contributed by atoms with van der Waals surface area (Å²) in [6, 6.07) is 1.88. The molecule has 2 rings (SSSR count). The molecule has 0 amide bonds. The van der Waals surface area contributed by atoms with Crippen molar-refractivity contribution in [3.8, 4) is 0 Å². The standard InChI is InChI=1S/C12H25NO2Si/c1-14-16(15-2)11-7-10-13(16)12-8-5-3-4-6-9-12/h12H,3-11H2,1-2H3. The Morgan fingerprint density at radius 3 is 2.12 bits per heavy atom. The highest BCUT2D eigenvalue weighted by Gasteiger charge is 2.49. The van der Waals surface area contributed by atoms with Crippen LogP contribution in [0.25, 0.3) is 0 Å². The molecule has 1 heterocycles. The van der Waals surface area contributed by atoms with E-state index in [9.17, 15) is 0 Å². The Kier molecular flexibility index (Phi) is 4.41. The summed E-state index contributed by atoms with van der Waals surface area (Å²) in [7, 11) is 1.69. The molecule has 2 aliphatic rings. The van der Waals surface area contributed by atoms with Gasteiger partial charge in [-0.1, -0.05) is 25.7 Å². The lowest BCUT2D eigenvalue weighted by Crippen LogP contribution is -2.57. The first-order chi connectivity index (χ1) is 7.82. The molecule has 0 aromatic carbocycles. The van der Waals surface area contributed by atoms with Crippen LogP contribution in [0.3, 0.4) is 0 Å². The molecule has 1 saturated carbocycles. The zero-order valence-corrected chi connectivity index (χ0v) is 11.7. The summed E-state index contributed by atoms with van der Waals surface area (Å²) >= 11 is 0. The summed E-state index contributed by atoms with van der Waals surface area (Å²) in [4.78, 5) is 0. The minimum Gasteiger partial charge on any atom is -0.386 e. The highest BCUT2D eigenvalue weighted by molar-refractivity contribution is 6.65. The number of hydrogen-bond acceptors (Lipinski definition) is 3. The predicted octanol–water partition coefficient (Wildman–Crippen LogP) is 2.65. The van der Waals surface area contributed by atoms with E-state index >= 15 is 0 Å². The monoisotopic (exact) mass is 243 g/mol. The Morgan fingerprint density at radius 1 is 0.938 bits per heavy atom. The van der Waals surface area contributed by atoms with Crippen LogP contribution in [0.1, 0.15) is 44.9 Å². The Morgan fingerprint density at radius 2 is 1.56 bits per heavy atom. The van der Waals surface area contributed by atoms with E-state index in [1.165, 1.54) is 51.5 Å². The summed E-state index contributed by atoms with van der Waals surface area (Å²) in [5, 5.41) is 0. The van der Waals surface area contributed by atoms with Crippen molar-refractivity contribution < 1.29 is 8.85 Å². The first-order valence-corrected chi connectivity index (χ1v) is 8.66. The van der Waals surface area contributed by atoms with Crippen molar-refractivity contribution in [2.24, 2.45) is 0 Å². The summed E-state index contributed by atoms with van der Waals surface area (Å²) in [6.07, 6.45) is 9.56. The molecule has 1 aliphatic heterocycles. The summed E-state index contributed by atoms with van der Waals surface area (Å²) in [5.41, 5.74) is 0. The lowest BCUT2D eigenvalue weighted by Gasteiger charge is -2.37. The first kappa shape index (κ1) is 12.6. The Bertz CT molecular complexity index is 213. The topological polar surface area (TPSA) is 21.7 Å². The number of hydrogen-bond donors (Lipinski definition) is 0. The van der Waals surface area contributed by atoms with Gasteiger partial charge in [0.25, 0.3) is 0 Å². The largest absolute Gasteiger partial charge is 0.427 e. The van der Waals surface area contributed by atoms with Crippen LogP contribution in [-0.2, 0) is 8.85 Å². The second kappa shape index (κ2) is 5.62. The maximum Gasteiger partial charge on any atom is 0.427 e. The van der Waals surface area contributed by atoms with Gasteiger partial charge >= 0.3 is 8.72 Å². The third kappa shape index (κ3) is 2.35. The second-order valence-corrected chi connectivity index (χ2v) is 8.38. The Hall–Kier alpha value is 0.0969. The smallest absolute Gasteiger partial charge is 0.386 e. The van der Waals surface area contributed by atoms with Gasteiger partial charge in [-0.2, -0.15) is 0 Å². The SMILES string of the molecule is CO[Si]1(OC)CCCN1C1CCCCCC1. The molecule has 0 radical (unpaired) electrons. The molecule has 0 N–H and O–H groups in total. The van der Waals surface area contributed by atoms with Gasteiger partial charge in [0.1, 0.15) is 0 Å². The van der Waals surface area contributed by atoms with Gasteiger partial charge in [0.2, 0.25) is 0 Å². The minimum atomic E-state index is -1.99. The molecule has 0 aromatic rings. The van der Waals surface area contributed by atoms with E-state index in [1.54, 1.807) is 0 Å². The predicted molar refractivity (Wildman–Crippen MR) is 67.4 cm³/mol. The summed E-state index contributed by atoms with van der Waals surface area (Å²) in [6.45, 7) is 1.19. The maximum absolute atomic E-state index is 5.80. The molecule has 1 saturated heterocycles. The van der Waals surface area contributed by atoms with E-state index in [2.05, 4.69) is 4.57 Å². The first-order valence-electron chi connectivity index (χ1n) is 6.69. The van der Waals surface area contributed by atoms with Crippen LogP contribution in [-0.4, -0.2) is 40.1 Å². The van der Waals surface area contributed by atoms with Crippen molar-refractivity contribution >= 4 is 8.72 Å². The average Bonchev–Trinajstić information content (AvgIpc) is 2.57. The van der Waals surface area contributed by atoms with E-state index in [0.717, 1.165) is 12.1 Å². The fourth-order valence-corrected chi connectivity index (χ4v) is 6.59. The highest BCUT2D eigenvalue weighted by atomic mass is 28.4. The van der Waals surface area contributed by atoms with E-state index < -0.39 is 8.72 Å². The molecule has 94 valence electrons. The number of nitrogens with zero attached hydrogens (tertiary/aromatic N) is 1. The van der Waals surface area contributed by atoms with Gasteiger partial charge in [0.05, 0.1) is 0 Å². The van der Waals surface area contributed by atoms with Crippen LogP contribution in [0, 0.1) is 0 Å². The lowest BCUT2D eigenvalue weighted by molar-refractivity contribution is 0.151. The van der Waals surface area contributed by atoms with Crippen molar-refractivity contribution in [2.75, 3.05) is 20.8 Å². The molecule has 3 nitrogen and oxygen atoms in total. The average molecular weight is 243 g/mol. The van der Waals surface area contributed by atoms with Gasteiger partial charge in [0.15, 0.2) is 0 Å². The van der Waals surface area contributed by atoms with Crippen LogP contribution in [0.2, 0.25) is 6.04 Å². The van der Waals surface area contributed by atoms with Crippen molar-refractivity contribution in [1.29, 1.82) is 0 Å². The zero-order valence-electron chi connectivity index (χ0n) is 10.7. The molecular formula is C12H25NO2Si. The van der Waals surface area contributed by atoms with Gasteiger partial charge in [0, 0.05) is 26.3 Å². The molecule has 4 heteroatoms. The fraction of sp³-hybridized carbons (Fsp3) is 1.00. The molecule has 0 bridgehead atoms. The summed E-state index contributed by atoms with van der Waals surface area (Å²) in [5.74, 6) is 0. The molecule has 0 spiro atoms. The summed E-state index contributed by atoms with van der Waals surface area (Å²) < 4.78 is 14.2. The van der Waals surface area contributed by atoms with Crippen LogP contribution in [0.5, 0.6) is 0 Å². The molecule has 16 heavy (non-hydrogen) atoms. The van der Waals surface area contributed by atoms with Crippen LogP contribution >= 0.6 is 0 Å². The number of rotatable bonds is 3. The quantitative estimate of drug-likeness (QED) is 0.562. The lowest BCUT2D eigenvalue weighted by atomic mass is 10.1. The molecule has 0 aromatic heterocycles. The molecule has 2 fully saturated rings. The highest BCUT2D eigenvalue weighted by Crippen LogP contribution is 2.33. The Balaban J connectivity index is 2.05. The minimum absolute atomic E-state index is 0.733. The van der Waals surface area contributed by atoms with Gasteiger partial charge in [-0.25, -0.2) is 0 Å². The maximum atomic E-state index is 5.80. The third-order valence-electron chi connectivity index (χ3n) is 4.23. The fourth-order valence-electron chi connectivity index (χ4n) is 3.34. The molecule has 0 unspecified atom stereocenters. The van der Waals surface area contributed by atoms with Crippen LogP contribution in [0.4, 0.5) is 0 Å². The normalized spacial score (nSPS) is 28.1. The molecular weight excluding hydrogens is 218 g/mol. The van der Waals surface area contributed by atoms with E-state index in [1.807, 2.05) is 14.2 Å². The van der Waals surface area contributed by atoms with Crippen molar-refractivity contribution in [2.45, 2.75) is 57.0 Å². The Labute approximate surface area is 100 Å². The van der Waals surface area contributed by atoms with Crippen molar-refractivity contribution in [3.63, 3.8) is 0 Å². The van der Waals surface area contributed by atoms with E-state index in [0.29, 0.717) is 0 Å². The van der Waals surface area contributed by atoms with Gasteiger partial charge in [-0.3, -0.25) is 4.57 Å². The zero-order chi connectivity index (χ0) is 11.4. The molecule has 0 atom stereocenters. The molecule has 1 aliphatic carbocycles. The van der Waals surface area contributed by atoms with Gasteiger partial charge in [-0.15, -0.1) is 0 Å². The van der Waals surface area contributed by atoms with Gasteiger partial charge in [-0.05, 0) is 25.8 Å². The van der Waals surface area contributed by atoms with Crippen molar-refractivity contribution in [1.82, 2.24) is 4.57 Å². The van der Waals surface area contributed by atoms with E-state index in [4.69, 9.17) is 8.85 Å². The van der Waals surface area contributed by atoms with Crippen LogP contribution in [0.15, 0.2) is 0 Å². The second-order valence-electron chi connectivity index (χ2n) is 5.06. The van der Waals surface area contributed by atoms with E-state index in [-0.39, 0.29) is 0 Å². The van der Waals surface area contributed by atoms with Crippen LogP contribution < -0.4 is 0 Å².